The smallest absolute Gasteiger partial charge is 0.300 e. The first-order valence-electron chi connectivity index (χ1n) is 12.8. The van der Waals surface area contributed by atoms with Crippen LogP contribution >= 0.6 is 0 Å². The number of hydrogen-bond donors (Lipinski definition) is 1. The molecule has 0 radical (unpaired) electrons. The minimum absolute atomic E-state index is 0.0274. The number of methoxy groups -OCH3 is 1. The summed E-state index contributed by atoms with van der Waals surface area (Å²) in [5.41, 5.74) is 1.40. The fourth-order valence-corrected chi connectivity index (χ4v) is 4.38. The number of rotatable bonds is 10. The Bertz CT molecular complexity index is 1350. The van der Waals surface area contributed by atoms with Gasteiger partial charge in [0.25, 0.3) is 11.7 Å². The predicted molar refractivity (Wildman–Crippen MR) is 147 cm³/mol. The van der Waals surface area contributed by atoms with Crippen LogP contribution in [-0.2, 0) is 9.59 Å². The van der Waals surface area contributed by atoms with E-state index in [2.05, 4.69) is 0 Å². The first kappa shape index (κ1) is 26.8. The van der Waals surface area contributed by atoms with Crippen LogP contribution in [0.2, 0.25) is 0 Å². The van der Waals surface area contributed by atoms with Crippen molar-refractivity contribution in [3.63, 3.8) is 0 Å². The van der Waals surface area contributed by atoms with Gasteiger partial charge in [-0.05, 0) is 42.7 Å². The molecule has 1 atom stereocenters. The fourth-order valence-electron chi connectivity index (χ4n) is 4.38. The standard InChI is InChI=1S/C31H33NO6/c1-5-16-37-24-13-9-11-22(18-24)32-28(25-14-6-7-15-26(25)36-4)27(30(34)31(32)35)29(33)21-10-8-12-23(17-21)38-19-20(2)3/h6-15,17-18,20,28,33H,5,16,19H2,1-4H3/b29-27+. The molecular formula is C31H33NO6. The SMILES string of the molecule is CCCOc1cccc(N2C(=O)C(=O)/C(=C(/O)c3cccc(OCC(C)C)c3)C2c2ccccc2OC)c1. The van der Waals surface area contributed by atoms with Crippen LogP contribution in [0.25, 0.3) is 5.76 Å². The second-order valence-electron chi connectivity index (χ2n) is 9.49. The van der Waals surface area contributed by atoms with E-state index >= 15 is 0 Å². The highest BCUT2D eigenvalue weighted by molar-refractivity contribution is 6.51. The average molecular weight is 516 g/mol. The quantitative estimate of drug-likeness (QED) is 0.198. The van der Waals surface area contributed by atoms with E-state index in [1.807, 2.05) is 26.8 Å². The number of ketones is 1. The molecule has 1 aliphatic rings. The molecule has 38 heavy (non-hydrogen) atoms. The minimum Gasteiger partial charge on any atom is -0.507 e. The molecule has 3 aromatic rings. The van der Waals surface area contributed by atoms with E-state index in [0.717, 1.165) is 6.42 Å². The number of para-hydroxylation sites is 1. The van der Waals surface area contributed by atoms with Crippen molar-refractivity contribution in [2.75, 3.05) is 25.2 Å². The van der Waals surface area contributed by atoms with Crippen LogP contribution < -0.4 is 19.1 Å². The molecule has 1 aliphatic heterocycles. The van der Waals surface area contributed by atoms with Crippen molar-refractivity contribution in [3.05, 3.63) is 89.5 Å². The third-order valence-electron chi connectivity index (χ3n) is 6.14. The monoisotopic (exact) mass is 515 g/mol. The van der Waals surface area contributed by atoms with Crippen LogP contribution in [0.1, 0.15) is 44.4 Å². The van der Waals surface area contributed by atoms with Crippen molar-refractivity contribution in [1.29, 1.82) is 0 Å². The number of benzene rings is 3. The molecule has 0 saturated carbocycles. The Morgan fingerprint density at radius 1 is 0.947 bits per heavy atom. The van der Waals surface area contributed by atoms with Gasteiger partial charge < -0.3 is 19.3 Å². The van der Waals surface area contributed by atoms with Crippen molar-refractivity contribution >= 4 is 23.1 Å². The Balaban J connectivity index is 1.87. The summed E-state index contributed by atoms with van der Waals surface area (Å²) in [6.45, 7) is 7.12. The van der Waals surface area contributed by atoms with Crippen LogP contribution in [0.5, 0.6) is 17.2 Å². The molecule has 0 spiro atoms. The zero-order valence-corrected chi connectivity index (χ0v) is 22.1. The van der Waals surface area contributed by atoms with Crippen LogP contribution in [0, 0.1) is 5.92 Å². The van der Waals surface area contributed by atoms with Crippen molar-refractivity contribution in [3.8, 4) is 17.2 Å². The highest BCUT2D eigenvalue weighted by Crippen LogP contribution is 2.45. The molecule has 7 heteroatoms. The van der Waals surface area contributed by atoms with Gasteiger partial charge in [-0.15, -0.1) is 0 Å². The number of carbonyl (C=O) groups excluding carboxylic acids is 2. The van der Waals surface area contributed by atoms with E-state index in [1.54, 1.807) is 66.7 Å². The number of aliphatic hydroxyl groups is 1. The minimum atomic E-state index is -0.923. The molecule has 0 aromatic heterocycles. The lowest BCUT2D eigenvalue weighted by Crippen LogP contribution is -2.29. The van der Waals surface area contributed by atoms with Gasteiger partial charge >= 0.3 is 0 Å². The van der Waals surface area contributed by atoms with Crippen LogP contribution in [0.4, 0.5) is 5.69 Å². The zero-order valence-electron chi connectivity index (χ0n) is 22.1. The lowest BCUT2D eigenvalue weighted by molar-refractivity contribution is -0.132. The summed E-state index contributed by atoms with van der Waals surface area (Å²) >= 11 is 0. The number of aliphatic hydroxyl groups excluding tert-OH is 1. The van der Waals surface area contributed by atoms with Gasteiger partial charge in [0.05, 0.1) is 31.9 Å². The molecule has 4 rings (SSSR count). The highest BCUT2D eigenvalue weighted by Gasteiger charge is 2.48. The number of Topliss-reactive ketones (excluding diaryl/α,β-unsaturated/α-hetero) is 1. The van der Waals surface area contributed by atoms with Gasteiger partial charge in [0.15, 0.2) is 0 Å². The summed E-state index contributed by atoms with van der Waals surface area (Å²) in [5.74, 6) is 0.138. The molecule has 0 bridgehead atoms. The largest absolute Gasteiger partial charge is 0.507 e. The molecule has 1 saturated heterocycles. The number of carbonyl (C=O) groups is 2. The van der Waals surface area contributed by atoms with Crippen molar-refractivity contribution < 1.29 is 28.9 Å². The summed E-state index contributed by atoms with van der Waals surface area (Å²) in [6, 6.07) is 20.2. The van der Waals surface area contributed by atoms with E-state index in [4.69, 9.17) is 14.2 Å². The van der Waals surface area contributed by atoms with Gasteiger partial charge in [-0.3, -0.25) is 14.5 Å². The molecule has 1 N–H and O–H groups in total. The van der Waals surface area contributed by atoms with Gasteiger partial charge in [-0.1, -0.05) is 57.2 Å². The molecule has 1 amide bonds. The molecule has 1 fully saturated rings. The van der Waals surface area contributed by atoms with E-state index in [-0.39, 0.29) is 11.3 Å². The Morgan fingerprint density at radius 2 is 1.66 bits per heavy atom. The maximum absolute atomic E-state index is 13.5. The highest BCUT2D eigenvalue weighted by atomic mass is 16.5. The molecule has 3 aromatic carbocycles. The maximum Gasteiger partial charge on any atom is 0.300 e. The van der Waals surface area contributed by atoms with Gasteiger partial charge in [0.2, 0.25) is 0 Å². The summed E-state index contributed by atoms with van der Waals surface area (Å²) in [5, 5.41) is 11.5. The topological polar surface area (TPSA) is 85.3 Å². The van der Waals surface area contributed by atoms with Gasteiger partial charge in [0.1, 0.15) is 23.0 Å². The Labute approximate surface area is 223 Å². The lowest BCUT2D eigenvalue weighted by Gasteiger charge is -2.27. The number of hydrogen-bond acceptors (Lipinski definition) is 6. The number of nitrogens with zero attached hydrogens (tertiary/aromatic N) is 1. The Kier molecular flexibility index (Phi) is 8.36. The molecule has 0 aliphatic carbocycles. The second-order valence-corrected chi connectivity index (χ2v) is 9.49. The van der Waals surface area contributed by atoms with Crippen molar-refractivity contribution in [2.24, 2.45) is 5.92 Å². The lowest BCUT2D eigenvalue weighted by atomic mass is 9.94. The predicted octanol–water partition coefficient (Wildman–Crippen LogP) is 6.15. The van der Waals surface area contributed by atoms with E-state index < -0.39 is 17.7 Å². The number of ether oxygens (including phenoxy) is 3. The second kappa shape index (κ2) is 11.9. The van der Waals surface area contributed by atoms with E-state index in [9.17, 15) is 14.7 Å². The normalized spacial score (nSPS) is 16.7. The van der Waals surface area contributed by atoms with E-state index in [1.165, 1.54) is 12.0 Å². The van der Waals surface area contributed by atoms with Gasteiger partial charge in [-0.25, -0.2) is 0 Å². The Morgan fingerprint density at radius 3 is 2.37 bits per heavy atom. The maximum atomic E-state index is 13.5. The van der Waals surface area contributed by atoms with Crippen molar-refractivity contribution in [2.45, 2.75) is 33.2 Å². The average Bonchev–Trinajstić information content (AvgIpc) is 3.20. The zero-order chi connectivity index (χ0) is 27.2. The van der Waals surface area contributed by atoms with Gasteiger partial charge in [0, 0.05) is 22.9 Å². The van der Waals surface area contributed by atoms with E-state index in [0.29, 0.717) is 53.2 Å². The molecule has 198 valence electrons. The number of amides is 1. The summed E-state index contributed by atoms with van der Waals surface area (Å²) < 4.78 is 17.2. The third-order valence-corrected chi connectivity index (χ3v) is 6.14. The summed E-state index contributed by atoms with van der Waals surface area (Å²) in [6.07, 6.45) is 0.829. The summed E-state index contributed by atoms with van der Waals surface area (Å²) in [4.78, 5) is 28.5. The number of anilines is 1. The van der Waals surface area contributed by atoms with Crippen LogP contribution in [0.3, 0.4) is 0 Å². The third kappa shape index (κ3) is 5.52. The Hall–Kier alpha value is -4.26. The molecule has 1 unspecified atom stereocenters. The molecule has 1 heterocycles. The first-order chi connectivity index (χ1) is 18.3. The van der Waals surface area contributed by atoms with Crippen LogP contribution in [0.15, 0.2) is 78.4 Å². The van der Waals surface area contributed by atoms with Crippen molar-refractivity contribution in [1.82, 2.24) is 0 Å². The molecule has 7 nitrogen and oxygen atoms in total. The fraction of sp³-hybridized carbons (Fsp3) is 0.290. The van der Waals surface area contributed by atoms with Crippen LogP contribution in [-0.4, -0.2) is 37.1 Å². The first-order valence-corrected chi connectivity index (χ1v) is 12.8. The summed E-state index contributed by atoms with van der Waals surface area (Å²) in [7, 11) is 1.53. The van der Waals surface area contributed by atoms with Gasteiger partial charge in [-0.2, -0.15) is 0 Å². The molecular weight excluding hydrogens is 482 g/mol.